The largest absolute Gasteiger partial charge is 0.416 e. The number of alkyl halides is 3. The molecule has 0 atom stereocenters. The molecule has 0 saturated heterocycles. The van der Waals surface area contributed by atoms with E-state index in [-0.39, 0.29) is 16.8 Å². The van der Waals surface area contributed by atoms with Gasteiger partial charge in [0.1, 0.15) is 5.69 Å². The van der Waals surface area contributed by atoms with E-state index in [1.165, 1.54) is 12.1 Å². The van der Waals surface area contributed by atoms with Gasteiger partial charge in [-0.1, -0.05) is 12.1 Å². The van der Waals surface area contributed by atoms with Gasteiger partial charge in [-0.2, -0.15) is 13.2 Å². The number of nitro groups is 1. The summed E-state index contributed by atoms with van der Waals surface area (Å²) in [7, 11) is 0. The third kappa shape index (κ3) is 2.96. The number of benzene rings is 2. The predicted octanol–water partition coefficient (Wildman–Crippen LogP) is 3.28. The maximum absolute atomic E-state index is 12.7. The van der Waals surface area contributed by atoms with E-state index in [4.69, 9.17) is 0 Å². The van der Waals surface area contributed by atoms with Crippen LogP contribution in [-0.2, 0) is 6.18 Å². The Hall–Kier alpha value is -3.43. The number of hydrogen-bond donors (Lipinski definition) is 1. The van der Waals surface area contributed by atoms with E-state index < -0.39 is 40.8 Å². The lowest BCUT2D eigenvalue weighted by atomic mass is 10.1. The number of anilines is 1. The molecule has 134 valence electrons. The average Bonchev–Trinajstić information content (AvgIpc) is 2.83. The molecule has 1 aliphatic rings. The Balaban J connectivity index is 1.84. The summed E-state index contributed by atoms with van der Waals surface area (Å²) in [5.41, 5.74) is -1.83. The minimum atomic E-state index is -4.73. The number of nitro benzene ring substituents is 1. The summed E-state index contributed by atoms with van der Waals surface area (Å²) in [6.07, 6.45) is -4.73. The van der Waals surface area contributed by atoms with Crippen LogP contribution < -0.4 is 5.32 Å². The highest BCUT2D eigenvalue weighted by Crippen LogP contribution is 2.35. The Morgan fingerprint density at radius 3 is 2.12 bits per heavy atom. The van der Waals surface area contributed by atoms with E-state index >= 15 is 0 Å². The fourth-order valence-electron chi connectivity index (χ4n) is 2.56. The van der Waals surface area contributed by atoms with E-state index in [0.717, 1.165) is 11.0 Å². The van der Waals surface area contributed by atoms with Gasteiger partial charge < -0.3 is 5.32 Å². The minimum Gasteiger partial charge on any atom is -0.362 e. The number of fused-ring (bicyclic) bond motifs is 1. The summed E-state index contributed by atoms with van der Waals surface area (Å²) in [6, 6.07) is 8.07. The first-order valence-corrected chi connectivity index (χ1v) is 7.25. The van der Waals surface area contributed by atoms with Crippen molar-refractivity contribution in [2.45, 2.75) is 6.18 Å². The van der Waals surface area contributed by atoms with E-state index in [9.17, 15) is 32.9 Å². The van der Waals surface area contributed by atoms with Crippen molar-refractivity contribution < 1.29 is 27.7 Å². The normalized spacial score (nSPS) is 13.7. The summed E-state index contributed by atoms with van der Waals surface area (Å²) in [4.78, 5) is 35.3. The molecule has 2 amide bonds. The third-order valence-electron chi connectivity index (χ3n) is 3.83. The van der Waals surface area contributed by atoms with Crippen LogP contribution in [0.1, 0.15) is 26.3 Å². The van der Waals surface area contributed by atoms with Gasteiger partial charge in [-0.25, -0.2) is 0 Å². The van der Waals surface area contributed by atoms with E-state index in [1.54, 1.807) is 12.1 Å². The van der Waals surface area contributed by atoms with Crippen LogP contribution in [0.2, 0.25) is 0 Å². The van der Waals surface area contributed by atoms with Gasteiger partial charge in [0.15, 0.2) is 0 Å². The van der Waals surface area contributed by atoms with Gasteiger partial charge in [0.2, 0.25) is 0 Å². The van der Waals surface area contributed by atoms with Gasteiger partial charge in [-0.05, 0) is 24.3 Å². The zero-order chi connectivity index (χ0) is 19.1. The molecule has 0 radical (unpaired) electrons. The lowest BCUT2D eigenvalue weighted by molar-refractivity contribution is -0.384. The molecule has 0 spiro atoms. The van der Waals surface area contributed by atoms with Crippen LogP contribution >= 0.6 is 0 Å². The Bertz CT molecular complexity index is 892. The van der Waals surface area contributed by atoms with Gasteiger partial charge in [0.05, 0.1) is 28.3 Å². The molecule has 2 aromatic carbocycles. The lowest BCUT2D eigenvalue weighted by Crippen LogP contribution is -2.34. The summed E-state index contributed by atoms with van der Waals surface area (Å²) < 4.78 is 38.1. The van der Waals surface area contributed by atoms with Crippen molar-refractivity contribution in [3.05, 3.63) is 69.3 Å². The second-order valence-electron chi connectivity index (χ2n) is 5.41. The highest BCUT2D eigenvalue weighted by atomic mass is 19.4. The lowest BCUT2D eigenvalue weighted by Gasteiger charge is -2.16. The second kappa shape index (κ2) is 6.14. The topological polar surface area (TPSA) is 92.6 Å². The first-order chi connectivity index (χ1) is 12.2. The van der Waals surface area contributed by atoms with Crippen molar-refractivity contribution in [2.75, 3.05) is 12.0 Å². The van der Waals surface area contributed by atoms with Crippen LogP contribution in [-0.4, -0.2) is 28.3 Å². The second-order valence-corrected chi connectivity index (χ2v) is 5.41. The number of nitrogens with zero attached hydrogens (tertiary/aromatic N) is 2. The first-order valence-electron chi connectivity index (χ1n) is 7.25. The molecular formula is C16H10F3N3O4. The van der Waals surface area contributed by atoms with Gasteiger partial charge in [-0.15, -0.1) is 0 Å². The van der Waals surface area contributed by atoms with Gasteiger partial charge >= 0.3 is 6.18 Å². The molecule has 3 rings (SSSR count). The summed E-state index contributed by atoms with van der Waals surface area (Å²) >= 11 is 0. The molecule has 1 aliphatic heterocycles. The van der Waals surface area contributed by atoms with Crippen molar-refractivity contribution in [1.29, 1.82) is 0 Å². The van der Waals surface area contributed by atoms with Crippen LogP contribution in [0.25, 0.3) is 0 Å². The minimum absolute atomic E-state index is 0.196. The quantitative estimate of drug-likeness (QED) is 0.510. The van der Waals surface area contributed by atoms with Crippen LogP contribution in [0, 0.1) is 10.1 Å². The number of nitrogens with one attached hydrogen (secondary N) is 1. The first kappa shape index (κ1) is 17.4. The molecule has 7 nitrogen and oxygen atoms in total. The number of carbonyl (C=O) groups is 2. The van der Waals surface area contributed by atoms with Crippen molar-refractivity contribution in [2.24, 2.45) is 0 Å². The molecule has 10 heteroatoms. The highest BCUT2D eigenvalue weighted by Gasteiger charge is 2.36. The van der Waals surface area contributed by atoms with Gasteiger partial charge in [0, 0.05) is 6.07 Å². The molecule has 1 heterocycles. The molecule has 0 unspecified atom stereocenters. The fourth-order valence-corrected chi connectivity index (χ4v) is 2.56. The van der Waals surface area contributed by atoms with Gasteiger partial charge in [0.25, 0.3) is 17.5 Å². The molecule has 2 aromatic rings. The van der Waals surface area contributed by atoms with Gasteiger partial charge in [-0.3, -0.25) is 24.6 Å². The molecule has 26 heavy (non-hydrogen) atoms. The number of hydrogen-bond acceptors (Lipinski definition) is 5. The molecule has 0 aliphatic carbocycles. The van der Waals surface area contributed by atoms with Crippen LogP contribution in [0.15, 0.2) is 42.5 Å². The van der Waals surface area contributed by atoms with Crippen LogP contribution in [0.4, 0.5) is 24.5 Å². The average molecular weight is 365 g/mol. The van der Waals surface area contributed by atoms with E-state index in [1.807, 2.05) is 0 Å². The van der Waals surface area contributed by atoms with Crippen molar-refractivity contribution >= 4 is 23.2 Å². The number of rotatable bonds is 4. The number of halogens is 3. The summed E-state index contributed by atoms with van der Waals surface area (Å²) in [5.74, 6) is -1.18. The molecule has 0 saturated carbocycles. The monoisotopic (exact) mass is 365 g/mol. The smallest absolute Gasteiger partial charge is 0.362 e. The van der Waals surface area contributed by atoms with Crippen LogP contribution in [0.5, 0.6) is 0 Å². The van der Waals surface area contributed by atoms with Crippen molar-refractivity contribution in [1.82, 2.24) is 4.90 Å². The van der Waals surface area contributed by atoms with E-state index in [2.05, 4.69) is 5.32 Å². The molecule has 0 bridgehead atoms. The van der Waals surface area contributed by atoms with Crippen molar-refractivity contribution in [3.63, 3.8) is 0 Å². The zero-order valence-electron chi connectivity index (χ0n) is 12.9. The Morgan fingerprint density at radius 1 is 1.04 bits per heavy atom. The van der Waals surface area contributed by atoms with E-state index in [0.29, 0.717) is 12.1 Å². The SMILES string of the molecule is O=C1c2ccccc2C(=O)N1CNc1ccc(C(F)(F)F)cc1[N+](=O)[O-]. The number of amides is 2. The molecule has 1 N–H and O–H groups in total. The summed E-state index contributed by atoms with van der Waals surface area (Å²) in [6.45, 7) is -0.418. The zero-order valence-corrected chi connectivity index (χ0v) is 12.9. The standard InChI is InChI=1S/C16H10F3N3O4/c17-16(18,19)9-5-6-12(13(7-9)22(25)26)20-8-21-14(23)10-3-1-2-4-11(10)15(21)24/h1-7,20H,8H2. The Labute approximate surface area is 144 Å². The Morgan fingerprint density at radius 2 is 1.62 bits per heavy atom. The van der Waals surface area contributed by atoms with Crippen LogP contribution in [0.3, 0.4) is 0 Å². The Kier molecular flexibility index (Phi) is 4.10. The maximum Gasteiger partial charge on any atom is 0.416 e. The molecule has 0 fully saturated rings. The molecular weight excluding hydrogens is 355 g/mol. The number of carbonyl (C=O) groups excluding carboxylic acids is 2. The predicted molar refractivity (Wildman–Crippen MR) is 83.5 cm³/mol. The highest BCUT2D eigenvalue weighted by molar-refractivity contribution is 6.21. The fraction of sp³-hybridized carbons (Fsp3) is 0.125. The maximum atomic E-state index is 12.7. The summed E-state index contributed by atoms with van der Waals surface area (Å²) in [5, 5.41) is 13.5. The van der Waals surface area contributed by atoms with Crippen molar-refractivity contribution in [3.8, 4) is 0 Å². The number of imide groups is 1. The molecule has 0 aromatic heterocycles. The third-order valence-corrected chi connectivity index (χ3v) is 3.83.